The van der Waals surface area contributed by atoms with Crippen molar-refractivity contribution in [1.82, 2.24) is 4.90 Å². The molecule has 0 fully saturated rings. The Balaban J connectivity index is 4.52. The van der Waals surface area contributed by atoms with E-state index in [1.165, 1.54) is 4.90 Å². The van der Waals surface area contributed by atoms with E-state index in [2.05, 4.69) is 0 Å². The molecule has 0 aliphatic rings. The van der Waals surface area contributed by atoms with Crippen molar-refractivity contribution in [3.8, 4) is 0 Å². The highest BCUT2D eigenvalue weighted by atomic mass is 19.4. The van der Waals surface area contributed by atoms with E-state index in [0.717, 1.165) is 44.9 Å². The first-order chi connectivity index (χ1) is 10.2. The molecule has 1 N–H and O–H groups in total. The molecule has 0 aliphatic heterocycles. The van der Waals surface area contributed by atoms with E-state index in [1.54, 1.807) is 0 Å². The van der Waals surface area contributed by atoms with Gasteiger partial charge in [-0.2, -0.15) is 22.0 Å². The van der Waals surface area contributed by atoms with Crippen LogP contribution in [0.15, 0.2) is 0 Å². The molecular formula is C15H28F5NO. The second-order valence-electron chi connectivity index (χ2n) is 5.70. The normalized spacial score (nSPS) is 14.6. The lowest BCUT2D eigenvalue weighted by molar-refractivity contribution is -0.314. The number of hydrogen-bond acceptors (Lipinski definition) is 2. The summed E-state index contributed by atoms with van der Waals surface area (Å²) in [6.07, 6.45) is -2.22. The predicted octanol–water partition coefficient (Wildman–Crippen LogP) is 4.62. The van der Waals surface area contributed by atoms with Crippen molar-refractivity contribution in [3.63, 3.8) is 0 Å². The number of nitrogens with zero attached hydrogens (tertiary/aromatic N) is 1. The lowest BCUT2D eigenvalue weighted by atomic mass is 10.1. The number of hydrogen-bond donors (Lipinski definition) is 1. The van der Waals surface area contributed by atoms with Gasteiger partial charge < -0.3 is 10.0 Å². The Kier molecular flexibility index (Phi) is 10.2. The minimum absolute atomic E-state index is 0.435. The fraction of sp³-hybridized carbons (Fsp3) is 1.00. The molecule has 0 aromatic rings. The van der Waals surface area contributed by atoms with Gasteiger partial charge in [0.25, 0.3) is 0 Å². The molecule has 0 heterocycles. The first kappa shape index (κ1) is 21.6. The summed E-state index contributed by atoms with van der Waals surface area (Å²) in [5.74, 6) is -5.07. The molecule has 0 radical (unpaired) electrons. The molecule has 22 heavy (non-hydrogen) atoms. The first-order valence-corrected chi connectivity index (χ1v) is 8.01. The number of aliphatic hydroxyl groups excluding tert-OH is 1. The summed E-state index contributed by atoms with van der Waals surface area (Å²) in [6.45, 7) is 4.24. The summed E-state index contributed by atoms with van der Waals surface area (Å²) < 4.78 is 63.0. The van der Waals surface area contributed by atoms with Gasteiger partial charge >= 0.3 is 12.1 Å². The Morgan fingerprint density at radius 2 is 1.27 bits per heavy atom. The van der Waals surface area contributed by atoms with Crippen LogP contribution in [0.4, 0.5) is 22.0 Å². The Morgan fingerprint density at radius 3 is 1.73 bits per heavy atom. The van der Waals surface area contributed by atoms with Gasteiger partial charge in [0.15, 0.2) is 0 Å². The third-order valence-electron chi connectivity index (χ3n) is 3.63. The Hall–Kier alpha value is -0.430. The highest BCUT2D eigenvalue weighted by Crippen LogP contribution is 2.38. The molecule has 0 rings (SSSR count). The molecule has 2 nitrogen and oxygen atoms in total. The van der Waals surface area contributed by atoms with Gasteiger partial charge in [-0.25, -0.2) is 0 Å². The van der Waals surface area contributed by atoms with Crippen molar-refractivity contribution in [2.24, 2.45) is 0 Å². The summed E-state index contributed by atoms with van der Waals surface area (Å²) in [4.78, 5) is 1.52. The molecule has 1 atom stereocenters. The Morgan fingerprint density at radius 1 is 0.818 bits per heavy atom. The predicted molar refractivity (Wildman–Crippen MR) is 77.1 cm³/mol. The minimum atomic E-state index is -5.72. The van der Waals surface area contributed by atoms with Crippen LogP contribution in [0.1, 0.15) is 58.8 Å². The van der Waals surface area contributed by atoms with E-state index in [1.807, 2.05) is 13.8 Å². The van der Waals surface area contributed by atoms with Crippen molar-refractivity contribution >= 4 is 0 Å². The minimum Gasteiger partial charge on any atom is -0.385 e. The SMILES string of the molecule is CCCCCCN(CCCCC)CC(O)C(F)(F)C(F)(F)F. The molecule has 0 spiro atoms. The summed E-state index contributed by atoms with van der Waals surface area (Å²) in [5.41, 5.74) is 0. The lowest BCUT2D eigenvalue weighted by Gasteiger charge is -2.30. The van der Waals surface area contributed by atoms with Crippen LogP contribution >= 0.6 is 0 Å². The topological polar surface area (TPSA) is 23.5 Å². The summed E-state index contributed by atoms with van der Waals surface area (Å²) in [6, 6.07) is 0. The first-order valence-electron chi connectivity index (χ1n) is 8.01. The molecule has 0 aromatic heterocycles. The van der Waals surface area contributed by atoms with Gasteiger partial charge in [0.2, 0.25) is 0 Å². The molecule has 0 aromatic carbocycles. The Labute approximate surface area is 129 Å². The molecule has 0 amide bonds. The second-order valence-corrected chi connectivity index (χ2v) is 5.70. The van der Waals surface area contributed by atoms with Crippen LogP contribution in [0.25, 0.3) is 0 Å². The highest BCUT2D eigenvalue weighted by Gasteiger charge is 2.62. The maximum absolute atomic E-state index is 13.1. The summed E-state index contributed by atoms with van der Waals surface area (Å²) >= 11 is 0. The van der Waals surface area contributed by atoms with E-state index in [4.69, 9.17) is 0 Å². The van der Waals surface area contributed by atoms with Crippen molar-refractivity contribution in [1.29, 1.82) is 0 Å². The van der Waals surface area contributed by atoms with Gasteiger partial charge in [-0.1, -0.05) is 46.0 Å². The van der Waals surface area contributed by atoms with E-state index in [-0.39, 0.29) is 0 Å². The number of unbranched alkanes of at least 4 members (excludes halogenated alkanes) is 5. The van der Waals surface area contributed by atoms with Crippen LogP contribution in [0, 0.1) is 0 Å². The summed E-state index contributed by atoms with van der Waals surface area (Å²) in [7, 11) is 0. The number of alkyl halides is 5. The fourth-order valence-electron chi connectivity index (χ4n) is 2.19. The van der Waals surface area contributed by atoms with Gasteiger partial charge in [0, 0.05) is 6.54 Å². The van der Waals surface area contributed by atoms with Crippen molar-refractivity contribution < 1.29 is 27.1 Å². The zero-order chi connectivity index (χ0) is 17.2. The van der Waals surface area contributed by atoms with E-state index < -0.39 is 24.7 Å². The standard InChI is InChI=1S/C15H28F5NO/c1-3-5-7-9-11-21(10-8-6-4-2)12-13(22)14(16,17)15(18,19)20/h13,22H,3-12H2,1-2H3. The molecule has 0 saturated carbocycles. The molecule has 0 bridgehead atoms. The van der Waals surface area contributed by atoms with Crippen LogP contribution < -0.4 is 0 Å². The third kappa shape index (κ3) is 7.72. The zero-order valence-electron chi connectivity index (χ0n) is 13.4. The van der Waals surface area contributed by atoms with Crippen LogP contribution in [0.3, 0.4) is 0 Å². The van der Waals surface area contributed by atoms with Crippen molar-refractivity contribution in [3.05, 3.63) is 0 Å². The second kappa shape index (κ2) is 10.4. The average molecular weight is 333 g/mol. The van der Waals surface area contributed by atoms with Gasteiger partial charge in [-0.3, -0.25) is 0 Å². The maximum atomic E-state index is 13.1. The van der Waals surface area contributed by atoms with Crippen molar-refractivity contribution in [2.75, 3.05) is 19.6 Å². The quantitative estimate of drug-likeness (QED) is 0.416. The maximum Gasteiger partial charge on any atom is 0.456 e. The number of rotatable bonds is 12. The zero-order valence-corrected chi connectivity index (χ0v) is 13.4. The van der Waals surface area contributed by atoms with Crippen LogP contribution in [-0.4, -0.2) is 47.8 Å². The van der Waals surface area contributed by atoms with E-state index in [9.17, 15) is 27.1 Å². The van der Waals surface area contributed by atoms with Crippen LogP contribution in [-0.2, 0) is 0 Å². The van der Waals surface area contributed by atoms with Gasteiger partial charge in [-0.15, -0.1) is 0 Å². The highest BCUT2D eigenvalue weighted by molar-refractivity contribution is 4.86. The van der Waals surface area contributed by atoms with E-state index in [0.29, 0.717) is 13.1 Å². The van der Waals surface area contributed by atoms with Crippen LogP contribution in [0.5, 0.6) is 0 Å². The number of halogens is 5. The fourth-order valence-corrected chi connectivity index (χ4v) is 2.19. The summed E-state index contributed by atoms with van der Waals surface area (Å²) in [5, 5.41) is 9.33. The molecule has 7 heteroatoms. The molecule has 0 saturated heterocycles. The third-order valence-corrected chi connectivity index (χ3v) is 3.63. The van der Waals surface area contributed by atoms with Crippen LogP contribution in [0.2, 0.25) is 0 Å². The van der Waals surface area contributed by atoms with Crippen molar-refractivity contribution in [2.45, 2.75) is 77.0 Å². The lowest BCUT2D eigenvalue weighted by Crippen LogP contribution is -2.52. The molecule has 0 aliphatic carbocycles. The van der Waals surface area contributed by atoms with Gasteiger partial charge in [0.1, 0.15) is 6.10 Å². The average Bonchev–Trinajstić information content (AvgIpc) is 2.42. The number of aliphatic hydroxyl groups is 1. The molecule has 1 unspecified atom stereocenters. The van der Waals surface area contributed by atoms with Gasteiger partial charge in [-0.05, 0) is 25.9 Å². The molecular weight excluding hydrogens is 305 g/mol. The molecule has 134 valence electrons. The van der Waals surface area contributed by atoms with E-state index >= 15 is 0 Å². The van der Waals surface area contributed by atoms with Gasteiger partial charge in [0.05, 0.1) is 0 Å². The monoisotopic (exact) mass is 333 g/mol. The largest absolute Gasteiger partial charge is 0.456 e. The Bertz CT molecular complexity index is 284. The smallest absolute Gasteiger partial charge is 0.385 e.